The maximum atomic E-state index is 14.4. The zero-order valence-electron chi connectivity index (χ0n) is 17.7. The largest absolute Gasteiger partial charge is 0.508 e. The molecule has 0 aliphatic heterocycles. The van der Waals surface area contributed by atoms with Crippen LogP contribution in [0.3, 0.4) is 0 Å². The van der Waals surface area contributed by atoms with Gasteiger partial charge in [-0.25, -0.2) is 0 Å². The van der Waals surface area contributed by atoms with Gasteiger partial charge in [0.05, 0.1) is 0 Å². The van der Waals surface area contributed by atoms with Gasteiger partial charge in [0.2, 0.25) is 0 Å². The molecular weight excluding hydrogens is 425 g/mol. The van der Waals surface area contributed by atoms with Crippen molar-refractivity contribution in [2.45, 2.75) is 44.2 Å². The number of nitrogens with two attached hydrogens (primary N) is 2. The molecule has 0 bridgehead atoms. The molecule has 6 N–H and O–H groups in total. The smallest absolute Gasteiger partial charge is 0.402 e. The third-order valence-corrected chi connectivity index (χ3v) is 5.50. The third kappa shape index (κ3) is 5.46. The average molecular weight is 452 g/mol. The van der Waals surface area contributed by atoms with Crippen LogP contribution < -0.4 is 11.5 Å². The Morgan fingerprint density at radius 2 is 1.19 bits per heavy atom. The predicted molar refractivity (Wildman–Crippen MR) is 113 cm³/mol. The molecule has 0 amide bonds. The number of benzene rings is 2. The molecule has 2 aromatic carbocycles. The number of hydrogen-bond acceptors (Lipinski definition) is 6. The molecule has 0 radical (unpaired) electrons. The Balaban J connectivity index is 2.59. The van der Waals surface area contributed by atoms with Crippen LogP contribution in [0.4, 0.5) is 13.2 Å². The van der Waals surface area contributed by atoms with E-state index in [-0.39, 0.29) is 84.1 Å². The fourth-order valence-electron chi connectivity index (χ4n) is 3.49. The molecule has 0 fully saturated rings. The monoisotopic (exact) mass is 452 g/mol. The molecule has 2 aromatic rings. The number of phenolic OH excluding ortho intramolecular Hbond substituents is 2. The normalized spacial score (nSPS) is 12.1. The number of hydrogen-bond donors (Lipinski definition) is 4. The summed E-state index contributed by atoms with van der Waals surface area (Å²) >= 11 is 0. The number of alkyl halides is 3. The van der Waals surface area contributed by atoms with E-state index >= 15 is 0 Å². The first-order valence-electron chi connectivity index (χ1n) is 10.1. The molecule has 2 rings (SSSR count). The van der Waals surface area contributed by atoms with Crippen LogP contribution in [0.5, 0.6) is 11.5 Å². The molecule has 0 atom stereocenters. The topological polar surface area (TPSA) is 127 Å². The van der Waals surface area contributed by atoms with Crippen molar-refractivity contribution >= 4 is 11.6 Å². The Morgan fingerprint density at radius 1 is 0.812 bits per heavy atom. The highest BCUT2D eigenvalue weighted by Crippen LogP contribution is 2.47. The van der Waals surface area contributed by atoms with E-state index in [0.29, 0.717) is 0 Å². The van der Waals surface area contributed by atoms with Crippen LogP contribution in [0, 0.1) is 0 Å². The van der Waals surface area contributed by atoms with Gasteiger partial charge < -0.3 is 21.7 Å². The van der Waals surface area contributed by atoms with Crippen LogP contribution in [-0.2, 0) is 27.8 Å². The first-order valence-corrected chi connectivity index (χ1v) is 10.1. The van der Waals surface area contributed by atoms with Crippen molar-refractivity contribution in [2.75, 3.05) is 13.1 Å². The van der Waals surface area contributed by atoms with Gasteiger partial charge in [-0.1, -0.05) is 24.3 Å². The molecule has 0 heterocycles. The van der Waals surface area contributed by atoms with Gasteiger partial charge >= 0.3 is 6.18 Å². The highest BCUT2D eigenvalue weighted by molar-refractivity contribution is 5.82. The van der Waals surface area contributed by atoms with Gasteiger partial charge in [-0.2, -0.15) is 13.2 Å². The molecule has 32 heavy (non-hydrogen) atoms. The van der Waals surface area contributed by atoms with E-state index in [1.54, 1.807) is 0 Å². The summed E-state index contributed by atoms with van der Waals surface area (Å²) in [5.41, 5.74) is 7.91. The van der Waals surface area contributed by atoms with Gasteiger partial charge in [0.25, 0.3) is 0 Å². The summed E-state index contributed by atoms with van der Waals surface area (Å²) in [6.45, 7) is 1.17. The predicted octanol–water partition coefficient (Wildman–Crippen LogP) is 2.89. The van der Waals surface area contributed by atoms with Crippen LogP contribution >= 0.6 is 0 Å². The minimum atomic E-state index is -4.77. The molecular formula is C23H27F3N2O4. The van der Waals surface area contributed by atoms with Gasteiger partial charge in [0.15, 0.2) is 0 Å². The lowest BCUT2D eigenvalue weighted by molar-refractivity contribution is -0.173. The van der Waals surface area contributed by atoms with E-state index in [9.17, 15) is 33.0 Å². The van der Waals surface area contributed by atoms with Gasteiger partial charge in [-0.3, -0.25) is 9.59 Å². The molecule has 0 spiro atoms. The van der Waals surface area contributed by atoms with Gasteiger partial charge in [-0.05, 0) is 43.3 Å². The maximum Gasteiger partial charge on any atom is 0.402 e. The molecule has 0 aromatic heterocycles. The Kier molecular flexibility index (Phi) is 8.03. The van der Waals surface area contributed by atoms with E-state index in [2.05, 4.69) is 0 Å². The zero-order chi connectivity index (χ0) is 24.1. The summed E-state index contributed by atoms with van der Waals surface area (Å²) in [5.74, 6) is -1.19. The Bertz CT molecular complexity index is 920. The minimum Gasteiger partial charge on any atom is -0.508 e. The average Bonchev–Trinajstić information content (AvgIpc) is 2.70. The fraction of sp³-hybridized carbons (Fsp3) is 0.391. The zero-order valence-corrected chi connectivity index (χ0v) is 17.7. The van der Waals surface area contributed by atoms with Crippen molar-refractivity contribution in [3.05, 3.63) is 58.7 Å². The molecule has 6 nitrogen and oxygen atoms in total. The molecule has 0 aliphatic carbocycles. The SMILES string of the molecule is CC(c1ccc(O)c(CC(=O)CCN)c1)(c1ccc(O)c(CC(=O)CCN)c1)C(F)(F)F. The van der Waals surface area contributed by atoms with Crippen molar-refractivity contribution < 1.29 is 33.0 Å². The second-order valence-electron chi connectivity index (χ2n) is 7.82. The van der Waals surface area contributed by atoms with Crippen molar-refractivity contribution in [1.29, 1.82) is 0 Å². The summed E-state index contributed by atoms with van der Waals surface area (Å²) in [7, 11) is 0. The summed E-state index contributed by atoms with van der Waals surface area (Å²) in [4.78, 5) is 23.9. The van der Waals surface area contributed by atoms with Crippen molar-refractivity contribution in [3.8, 4) is 11.5 Å². The van der Waals surface area contributed by atoms with Crippen LogP contribution in [0.25, 0.3) is 0 Å². The van der Waals surface area contributed by atoms with Crippen LogP contribution in [-0.4, -0.2) is 41.0 Å². The lowest BCUT2D eigenvalue weighted by Crippen LogP contribution is -2.40. The minimum absolute atomic E-state index is 0.0400. The first-order chi connectivity index (χ1) is 14.9. The van der Waals surface area contributed by atoms with E-state index in [1.807, 2.05) is 0 Å². The molecule has 0 aliphatic rings. The lowest BCUT2D eigenvalue weighted by atomic mass is 9.74. The summed E-state index contributed by atoms with van der Waals surface area (Å²) < 4.78 is 43.2. The van der Waals surface area contributed by atoms with Crippen molar-refractivity contribution in [3.63, 3.8) is 0 Å². The highest BCUT2D eigenvalue weighted by Gasteiger charge is 2.53. The molecule has 0 saturated heterocycles. The molecule has 0 unspecified atom stereocenters. The second-order valence-corrected chi connectivity index (χ2v) is 7.82. The number of Topliss-reactive ketones (excluding diaryl/α,β-unsaturated/α-hetero) is 2. The van der Waals surface area contributed by atoms with E-state index in [0.717, 1.165) is 43.3 Å². The van der Waals surface area contributed by atoms with Gasteiger partial charge in [0, 0.05) is 36.8 Å². The Morgan fingerprint density at radius 3 is 1.50 bits per heavy atom. The van der Waals surface area contributed by atoms with Gasteiger partial charge in [0.1, 0.15) is 28.5 Å². The summed E-state index contributed by atoms with van der Waals surface area (Å²) in [5, 5.41) is 20.2. The van der Waals surface area contributed by atoms with E-state index < -0.39 is 11.6 Å². The Hall–Kier alpha value is -2.91. The van der Waals surface area contributed by atoms with E-state index in [4.69, 9.17) is 11.5 Å². The van der Waals surface area contributed by atoms with Crippen LogP contribution in [0.1, 0.15) is 42.0 Å². The number of carbonyl (C=O) groups excluding carboxylic acids is 2. The number of halogens is 3. The molecule has 0 saturated carbocycles. The summed E-state index contributed by atoms with van der Waals surface area (Å²) in [6.07, 6.45) is -5.19. The van der Waals surface area contributed by atoms with Crippen LogP contribution in [0.15, 0.2) is 36.4 Å². The first kappa shape index (κ1) is 25.4. The number of phenols is 2. The third-order valence-electron chi connectivity index (χ3n) is 5.50. The number of aromatic hydroxyl groups is 2. The maximum absolute atomic E-state index is 14.4. The number of carbonyl (C=O) groups is 2. The number of ketones is 2. The van der Waals surface area contributed by atoms with Crippen molar-refractivity contribution in [1.82, 2.24) is 0 Å². The van der Waals surface area contributed by atoms with Crippen LogP contribution in [0.2, 0.25) is 0 Å². The molecule has 9 heteroatoms. The quantitative estimate of drug-likeness (QED) is 0.439. The second kappa shape index (κ2) is 10.1. The van der Waals surface area contributed by atoms with E-state index in [1.165, 1.54) is 0 Å². The number of rotatable bonds is 10. The standard InChI is InChI=1S/C23H27F3N2O4/c1-22(23(24,25)26,16-2-4-20(31)14(10-16)12-18(29)6-8-27)17-3-5-21(32)15(11-17)13-19(30)7-9-28/h2-5,10-11,31-32H,6-9,12-13,27-28H2,1H3. The fourth-order valence-corrected chi connectivity index (χ4v) is 3.49. The lowest BCUT2D eigenvalue weighted by Gasteiger charge is -2.34. The molecule has 174 valence electrons. The highest BCUT2D eigenvalue weighted by atomic mass is 19.4. The Labute approximate surface area is 184 Å². The van der Waals surface area contributed by atoms with Crippen molar-refractivity contribution in [2.24, 2.45) is 11.5 Å². The van der Waals surface area contributed by atoms with Gasteiger partial charge in [-0.15, -0.1) is 0 Å². The summed E-state index contributed by atoms with van der Waals surface area (Å²) in [6, 6.07) is 6.84.